The molecule has 5 aliphatic rings. The minimum absolute atomic E-state index is 0.0510. The first-order valence-electron chi connectivity index (χ1n) is 10.4. The molecule has 1 aromatic carbocycles. The van der Waals surface area contributed by atoms with E-state index < -0.39 is 6.04 Å². The van der Waals surface area contributed by atoms with E-state index in [1.807, 2.05) is 0 Å². The Morgan fingerprint density at radius 2 is 1.64 bits per heavy atom. The number of hydrogen-bond acceptors (Lipinski definition) is 5. The Kier molecular flexibility index (Phi) is 4.16. The van der Waals surface area contributed by atoms with Crippen molar-refractivity contribution in [1.29, 1.82) is 0 Å². The normalized spacial score (nSPS) is 36.3. The molecule has 0 radical (unpaired) electrons. The van der Waals surface area contributed by atoms with Gasteiger partial charge >= 0.3 is 0 Å². The van der Waals surface area contributed by atoms with E-state index in [0.717, 1.165) is 37.0 Å². The number of carbonyl (C=O) groups excluding carboxylic acids is 2. The van der Waals surface area contributed by atoms with Crippen LogP contribution in [0.2, 0.25) is 0 Å². The van der Waals surface area contributed by atoms with Crippen LogP contribution in [0.4, 0.5) is 5.69 Å². The van der Waals surface area contributed by atoms with Gasteiger partial charge in [-0.3, -0.25) is 14.9 Å². The number of methoxy groups -OCH3 is 2. The Bertz CT molecular complexity index is 785. The number of ether oxygens (including phenoxy) is 2. The van der Waals surface area contributed by atoms with Gasteiger partial charge in [-0.25, -0.2) is 4.90 Å². The summed E-state index contributed by atoms with van der Waals surface area (Å²) in [5.74, 6) is 3.15. The number of benzene rings is 1. The molecular weight excluding hydrogens is 356 g/mol. The summed E-state index contributed by atoms with van der Waals surface area (Å²) in [6, 6.07) is 4.74. The zero-order valence-corrected chi connectivity index (χ0v) is 16.6. The molecule has 4 bridgehead atoms. The van der Waals surface area contributed by atoms with Gasteiger partial charge in [0.1, 0.15) is 11.5 Å². The van der Waals surface area contributed by atoms with Crippen LogP contribution in [0.3, 0.4) is 0 Å². The van der Waals surface area contributed by atoms with Crippen LogP contribution in [0.25, 0.3) is 0 Å². The second-order valence-electron chi connectivity index (χ2n) is 9.20. The minimum Gasteiger partial charge on any atom is -0.497 e. The predicted molar refractivity (Wildman–Crippen MR) is 104 cm³/mol. The summed E-state index contributed by atoms with van der Waals surface area (Å²) < 4.78 is 10.6. The van der Waals surface area contributed by atoms with E-state index in [9.17, 15) is 9.59 Å². The number of nitrogens with zero attached hydrogens (tertiary/aromatic N) is 1. The lowest BCUT2D eigenvalue weighted by Gasteiger charge is -2.57. The summed E-state index contributed by atoms with van der Waals surface area (Å²) >= 11 is 0. The van der Waals surface area contributed by atoms with Crippen LogP contribution in [-0.2, 0) is 9.59 Å². The number of imide groups is 1. The van der Waals surface area contributed by atoms with Gasteiger partial charge in [-0.05, 0) is 68.4 Å². The van der Waals surface area contributed by atoms with Crippen molar-refractivity contribution in [1.82, 2.24) is 5.32 Å². The van der Waals surface area contributed by atoms with E-state index in [1.54, 1.807) is 25.3 Å². The van der Waals surface area contributed by atoms with Gasteiger partial charge in [0, 0.05) is 11.6 Å². The Morgan fingerprint density at radius 1 is 1.00 bits per heavy atom. The van der Waals surface area contributed by atoms with Crippen LogP contribution in [0.5, 0.6) is 11.5 Å². The van der Waals surface area contributed by atoms with Gasteiger partial charge < -0.3 is 9.47 Å². The molecule has 28 heavy (non-hydrogen) atoms. The maximum atomic E-state index is 13.2. The van der Waals surface area contributed by atoms with Crippen molar-refractivity contribution in [3.05, 3.63) is 18.2 Å². The van der Waals surface area contributed by atoms with Crippen molar-refractivity contribution in [2.24, 2.45) is 17.8 Å². The largest absolute Gasteiger partial charge is 0.497 e. The summed E-state index contributed by atoms with van der Waals surface area (Å²) in [5, 5.41) is 3.69. The lowest BCUT2D eigenvalue weighted by molar-refractivity contribution is -0.122. The fourth-order valence-corrected chi connectivity index (χ4v) is 6.62. The monoisotopic (exact) mass is 384 g/mol. The molecule has 0 aromatic heterocycles. The van der Waals surface area contributed by atoms with Crippen LogP contribution >= 0.6 is 0 Å². The van der Waals surface area contributed by atoms with E-state index in [4.69, 9.17) is 9.47 Å². The molecule has 6 nitrogen and oxygen atoms in total. The Morgan fingerprint density at radius 3 is 2.21 bits per heavy atom. The van der Waals surface area contributed by atoms with Crippen molar-refractivity contribution >= 4 is 17.5 Å². The van der Waals surface area contributed by atoms with Gasteiger partial charge in [-0.1, -0.05) is 0 Å². The first-order chi connectivity index (χ1) is 13.5. The quantitative estimate of drug-likeness (QED) is 0.791. The Hall–Kier alpha value is -2.08. The second-order valence-corrected chi connectivity index (χ2v) is 9.20. The van der Waals surface area contributed by atoms with Gasteiger partial charge in [0.05, 0.1) is 32.4 Å². The van der Waals surface area contributed by atoms with Crippen molar-refractivity contribution in [2.75, 3.05) is 19.1 Å². The van der Waals surface area contributed by atoms with E-state index in [2.05, 4.69) is 5.32 Å². The smallest absolute Gasteiger partial charge is 0.251 e. The molecule has 6 heteroatoms. The van der Waals surface area contributed by atoms with Gasteiger partial charge in [0.2, 0.25) is 5.91 Å². The Labute approximate surface area is 165 Å². The molecule has 1 heterocycles. The number of nitrogens with one attached hydrogen (secondary N) is 1. The highest BCUT2D eigenvalue weighted by molar-refractivity contribution is 6.23. The standard InChI is InChI=1S/C22H28N2O4/c1-27-16-3-4-18(19(8-16)28-2)24-20(25)9-17(21(24)26)23-22-10-13-5-14(11-22)7-15(6-13)12-22/h3-4,8,13-15,17,23H,5-7,9-12H2,1-2H3/t13?,14?,15?,17-,22?/m0/s1. The zero-order chi connectivity index (χ0) is 19.5. The average molecular weight is 384 g/mol. The molecule has 2 amide bonds. The van der Waals surface area contributed by atoms with Crippen molar-refractivity contribution in [3.8, 4) is 11.5 Å². The number of carbonyl (C=O) groups is 2. The maximum Gasteiger partial charge on any atom is 0.251 e. The molecule has 1 saturated heterocycles. The van der Waals surface area contributed by atoms with Crippen LogP contribution in [-0.4, -0.2) is 37.6 Å². The number of amides is 2. The molecule has 150 valence electrons. The molecule has 1 aromatic rings. The summed E-state index contributed by atoms with van der Waals surface area (Å²) in [6.45, 7) is 0. The summed E-state index contributed by atoms with van der Waals surface area (Å²) in [7, 11) is 3.11. The van der Waals surface area contributed by atoms with E-state index in [-0.39, 0.29) is 23.8 Å². The van der Waals surface area contributed by atoms with E-state index in [1.165, 1.54) is 31.3 Å². The van der Waals surface area contributed by atoms with E-state index in [0.29, 0.717) is 17.2 Å². The number of hydrogen-bond donors (Lipinski definition) is 1. The fourth-order valence-electron chi connectivity index (χ4n) is 6.62. The first kappa shape index (κ1) is 18.0. The Balaban J connectivity index is 1.38. The summed E-state index contributed by atoms with van der Waals surface area (Å²) in [6.07, 6.45) is 7.75. The third kappa shape index (κ3) is 2.81. The molecule has 1 aliphatic heterocycles. The van der Waals surface area contributed by atoms with Crippen molar-refractivity contribution < 1.29 is 19.1 Å². The predicted octanol–water partition coefficient (Wildman–Crippen LogP) is 2.89. The molecule has 1 N–H and O–H groups in total. The minimum atomic E-state index is -0.435. The highest BCUT2D eigenvalue weighted by atomic mass is 16.5. The van der Waals surface area contributed by atoms with Crippen LogP contribution in [0.15, 0.2) is 18.2 Å². The van der Waals surface area contributed by atoms with Crippen LogP contribution in [0, 0.1) is 17.8 Å². The molecular formula is C22H28N2O4. The van der Waals surface area contributed by atoms with E-state index >= 15 is 0 Å². The molecule has 5 fully saturated rings. The highest BCUT2D eigenvalue weighted by Crippen LogP contribution is 2.56. The maximum absolute atomic E-state index is 13.2. The zero-order valence-electron chi connectivity index (χ0n) is 16.6. The van der Waals surface area contributed by atoms with Crippen molar-refractivity contribution in [2.45, 2.75) is 56.5 Å². The molecule has 1 atom stereocenters. The molecule has 4 saturated carbocycles. The van der Waals surface area contributed by atoms with Gasteiger partial charge in [0.25, 0.3) is 5.91 Å². The number of anilines is 1. The lowest BCUT2D eigenvalue weighted by Crippen LogP contribution is -2.61. The van der Waals surface area contributed by atoms with Crippen LogP contribution < -0.4 is 19.7 Å². The molecule has 0 unspecified atom stereocenters. The van der Waals surface area contributed by atoms with Gasteiger partial charge in [-0.15, -0.1) is 0 Å². The van der Waals surface area contributed by atoms with Crippen molar-refractivity contribution in [3.63, 3.8) is 0 Å². The number of rotatable bonds is 5. The summed E-state index contributed by atoms with van der Waals surface area (Å²) in [4.78, 5) is 27.3. The molecule has 4 aliphatic carbocycles. The summed E-state index contributed by atoms with van der Waals surface area (Å²) in [5.41, 5.74) is 0.545. The second kappa shape index (κ2) is 6.48. The van der Waals surface area contributed by atoms with Gasteiger partial charge in [0.15, 0.2) is 0 Å². The first-order valence-corrected chi connectivity index (χ1v) is 10.4. The fraction of sp³-hybridized carbons (Fsp3) is 0.636. The topological polar surface area (TPSA) is 67.9 Å². The molecule has 6 rings (SSSR count). The highest BCUT2D eigenvalue weighted by Gasteiger charge is 2.53. The molecule has 0 spiro atoms. The van der Waals surface area contributed by atoms with Crippen LogP contribution in [0.1, 0.15) is 44.9 Å². The average Bonchev–Trinajstić information content (AvgIpc) is 2.92. The van der Waals surface area contributed by atoms with Gasteiger partial charge in [-0.2, -0.15) is 0 Å². The SMILES string of the molecule is COc1ccc(N2C(=O)C[C@H](NC34CC5CC(CC(C5)C3)C4)C2=O)c(OC)c1. The third-order valence-electron chi connectivity index (χ3n) is 7.29. The third-order valence-corrected chi connectivity index (χ3v) is 7.29. The lowest BCUT2D eigenvalue weighted by atomic mass is 9.53.